The van der Waals surface area contributed by atoms with Crippen LogP contribution in [-0.2, 0) is 20.9 Å². The lowest BCUT2D eigenvalue weighted by Crippen LogP contribution is -2.59. The van der Waals surface area contributed by atoms with Crippen LogP contribution in [0.15, 0.2) is 30.3 Å². The maximum atomic E-state index is 11.9. The third kappa shape index (κ3) is 3.84. The van der Waals surface area contributed by atoms with Gasteiger partial charge in [0.2, 0.25) is 0 Å². The molecule has 2 rings (SSSR count). The first-order chi connectivity index (χ1) is 10.5. The lowest BCUT2D eigenvalue weighted by Gasteiger charge is -2.36. The molecule has 1 saturated heterocycles. The van der Waals surface area contributed by atoms with Crippen molar-refractivity contribution in [2.75, 3.05) is 19.7 Å². The molecule has 1 aromatic rings. The summed E-state index contributed by atoms with van der Waals surface area (Å²) in [6.07, 6.45) is 0. The third-order valence-corrected chi connectivity index (χ3v) is 3.60. The Morgan fingerprint density at radius 3 is 2.59 bits per heavy atom. The number of ether oxygens (including phenoxy) is 1. The molecule has 0 spiro atoms. The SMILES string of the molecule is C[C@H]1CN(CCOCc2ccccc2)C(=O)C(=O)N1C(=O)Cl. The Morgan fingerprint density at radius 2 is 1.95 bits per heavy atom. The van der Waals surface area contributed by atoms with Crippen molar-refractivity contribution in [3.63, 3.8) is 0 Å². The molecule has 0 saturated carbocycles. The van der Waals surface area contributed by atoms with Gasteiger partial charge in [0, 0.05) is 13.1 Å². The zero-order chi connectivity index (χ0) is 16.1. The van der Waals surface area contributed by atoms with E-state index in [2.05, 4.69) is 0 Å². The smallest absolute Gasteiger partial charge is 0.323 e. The van der Waals surface area contributed by atoms with Gasteiger partial charge in [-0.25, -0.2) is 0 Å². The average Bonchev–Trinajstić information content (AvgIpc) is 2.49. The van der Waals surface area contributed by atoms with Gasteiger partial charge in [0.25, 0.3) is 0 Å². The van der Waals surface area contributed by atoms with Crippen LogP contribution in [-0.4, -0.2) is 52.7 Å². The van der Waals surface area contributed by atoms with E-state index in [1.54, 1.807) is 6.92 Å². The molecule has 0 aliphatic carbocycles. The van der Waals surface area contributed by atoms with E-state index in [1.807, 2.05) is 30.3 Å². The van der Waals surface area contributed by atoms with Gasteiger partial charge in [-0.2, -0.15) is 0 Å². The number of benzene rings is 1. The average molecular weight is 325 g/mol. The van der Waals surface area contributed by atoms with Crippen molar-refractivity contribution >= 4 is 28.8 Å². The summed E-state index contributed by atoms with van der Waals surface area (Å²) in [6, 6.07) is 9.22. The summed E-state index contributed by atoms with van der Waals surface area (Å²) in [5.74, 6) is -1.61. The topological polar surface area (TPSA) is 66.9 Å². The fourth-order valence-electron chi connectivity index (χ4n) is 2.31. The minimum atomic E-state index is -0.925. The predicted octanol–water partition coefficient (Wildman–Crippen LogP) is 1.62. The number of nitrogens with zero attached hydrogens (tertiary/aromatic N) is 2. The lowest BCUT2D eigenvalue weighted by molar-refractivity contribution is -0.156. The Balaban J connectivity index is 1.82. The maximum absolute atomic E-state index is 11.9. The van der Waals surface area contributed by atoms with E-state index in [0.717, 1.165) is 10.5 Å². The van der Waals surface area contributed by atoms with Crippen LogP contribution >= 0.6 is 11.6 Å². The molecule has 1 fully saturated rings. The van der Waals surface area contributed by atoms with E-state index in [0.29, 0.717) is 19.8 Å². The minimum absolute atomic E-state index is 0.262. The summed E-state index contributed by atoms with van der Waals surface area (Å²) < 4.78 is 5.50. The van der Waals surface area contributed by atoms with E-state index < -0.39 is 23.2 Å². The number of carbonyl (C=O) groups is 3. The number of rotatable bonds is 5. The summed E-state index contributed by atoms with van der Waals surface area (Å²) in [4.78, 5) is 37.1. The van der Waals surface area contributed by atoms with E-state index in [-0.39, 0.29) is 6.54 Å². The number of halogens is 1. The zero-order valence-electron chi connectivity index (χ0n) is 12.2. The second kappa shape index (κ2) is 7.38. The standard InChI is InChI=1S/C15H17ClN2O4/c1-11-9-17(13(19)14(20)18(11)15(16)21)7-8-22-10-12-5-3-2-4-6-12/h2-6,11H,7-10H2,1H3/t11-/m0/s1. The summed E-state index contributed by atoms with van der Waals surface area (Å²) in [5.41, 5.74) is 1.04. The number of amides is 3. The zero-order valence-corrected chi connectivity index (χ0v) is 13.0. The predicted molar refractivity (Wildman–Crippen MR) is 80.2 cm³/mol. The van der Waals surface area contributed by atoms with Gasteiger partial charge >= 0.3 is 17.2 Å². The Kier molecular flexibility index (Phi) is 5.51. The van der Waals surface area contributed by atoms with Crippen molar-refractivity contribution in [2.45, 2.75) is 19.6 Å². The van der Waals surface area contributed by atoms with Crippen LogP contribution in [0.5, 0.6) is 0 Å². The van der Waals surface area contributed by atoms with E-state index in [1.165, 1.54) is 4.90 Å². The van der Waals surface area contributed by atoms with Gasteiger partial charge in [-0.3, -0.25) is 19.3 Å². The van der Waals surface area contributed by atoms with Crippen molar-refractivity contribution in [2.24, 2.45) is 0 Å². The van der Waals surface area contributed by atoms with Gasteiger partial charge in [0.1, 0.15) is 0 Å². The first-order valence-corrected chi connectivity index (χ1v) is 7.32. The molecule has 7 heteroatoms. The highest BCUT2D eigenvalue weighted by Gasteiger charge is 2.39. The number of carbonyl (C=O) groups excluding carboxylic acids is 3. The molecule has 1 heterocycles. The van der Waals surface area contributed by atoms with Gasteiger partial charge in [0.15, 0.2) is 0 Å². The van der Waals surface area contributed by atoms with Crippen LogP contribution in [0.1, 0.15) is 12.5 Å². The monoisotopic (exact) mass is 324 g/mol. The van der Waals surface area contributed by atoms with Gasteiger partial charge in [-0.1, -0.05) is 30.3 Å². The third-order valence-electron chi connectivity index (χ3n) is 3.42. The molecule has 0 radical (unpaired) electrons. The molecule has 1 aliphatic rings. The number of piperazine rings is 1. The van der Waals surface area contributed by atoms with Crippen molar-refractivity contribution in [1.82, 2.24) is 9.80 Å². The van der Waals surface area contributed by atoms with Gasteiger partial charge in [0.05, 0.1) is 19.3 Å². The van der Waals surface area contributed by atoms with Crippen LogP contribution < -0.4 is 0 Å². The molecule has 6 nitrogen and oxygen atoms in total. The molecule has 1 atom stereocenters. The van der Waals surface area contributed by atoms with Crippen molar-refractivity contribution in [1.29, 1.82) is 0 Å². The van der Waals surface area contributed by atoms with Gasteiger partial charge < -0.3 is 9.64 Å². The Hall–Kier alpha value is -1.92. The highest BCUT2D eigenvalue weighted by Crippen LogP contribution is 2.14. The molecule has 118 valence electrons. The normalized spacial score (nSPS) is 18.7. The Labute approximate surface area is 133 Å². The van der Waals surface area contributed by atoms with Crippen LogP contribution in [0.4, 0.5) is 4.79 Å². The van der Waals surface area contributed by atoms with Crippen molar-refractivity contribution < 1.29 is 19.1 Å². The second-order valence-electron chi connectivity index (χ2n) is 5.07. The quantitative estimate of drug-likeness (QED) is 0.357. The fraction of sp³-hybridized carbons (Fsp3) is 0.400. The summed E-state index contributed by atoms with van der Waals surface area (Å²) in [7, 11) is 0. The molecule has 0 unspecified atom stereocenters. The van der Waals surface area contributed by atoms with Crippen molar-refractivity contribution in [3.05, 3.63) is 35.9 Å². The second-order valence-corrected chi connectivity index (χ2v) is 5.39. The van der Waals surface area contributed by atoms with Crippen LogP contribution in [0.25, 0.3) is 0 Å². The molecular formula is C15H17ClN2O4. The number of hydrogen-bond donors (Lipinski definition) is 0. The number of imide groups is 1. The first-order valence-electron chi connectivity index (χ1n) is 6.94. The molecule has 22 heavy (non-hydrogen) atoms. The largest absolute Gasteiger partial charge is 0.375 e. The van der Waals surface area contributed by atoms with Crippen molar-refractivity contribution in [3.8, 4) is 0 Å². The highest BCUT2D eigenvalue weighted by molar-refractivity contribution is 6.65. The van der Waals surface area contributed by atoms with E-state index in [4.69, 9.17) is 16.3 Å². The molecular weight excluding hydrogens is 308 g/mol. The van der Waals surface area contributed by atoms with Crippen LogP contribution in [0.3, 0.4) is 0 Å². The first kappa shape index (κ1) is 16.5. The summed E-state index contributed by atoms with van der Waals surface area (Å²) >= 11 is 5.32. The molecule has 0 N–H and O–H groups in total. The van der Waals surface area contributed by atoms with Gasteiger partial charge in [-0.05, 0) is 24.1 Å². The van der Waals surface area contributed by atoms with E-state index in [9.17, 15) is 14.4 Å². The Morgan fingerprint density at radius 1 is 1.27 bits per heavy atom. The minimum Gasteiger partial charge on any atom is -0.375 e. The molecule has 0 bridgehead atoms. The van der Waals surface area contributed by atoms with E-state index >= 15 is 0 Å². The highest BCUT2D eigenvalue weighted by atomic mass is 35.5. The summed E-state index contributed by atoms with van der Waals surface area (Å²) in [6.45, 7) is 2.99. The number of hydrogen-bond acceptors (Lipinski definition) is 4. The van der Waals surface area contributed by atoms with Gasteiger partial charge in [-0.15, -0.1) is 0 Å². The molecule has 1 aliphatic heterocycles. The molecule has 3 amide bonds. The van der Waals surface area contributed by atoms with Crippen LogP contribution in [0, 0.1) is 0 Å². The molecule has 1 aromatic carbocycles. The fourth-order valence-corrected chi connectivity index (χ4v) is 2.55. The molecule has 0 aromatic heterocycles. The Bertz CT molecular complexity index is 564. The van der Waals surface area contributed by atoms with Crippen LogP contribution in [0.2, 0.25) is 0 Å². The summed E-state index contributed by atoms with van der Waals surface area (Å²) in [5, 5.41) is -0.925. The maximum Gasteiger partial charge on any atom is 0.323 e. The lowest BCUT2D eigenvalue weighted by atomic mass is 10.2.